The summed E-state index contributed by atoms with van der Waals surface area (Å²) in [6.07, 6.45) is -0.517. The number of oxazole rings is 1. The number of nitrogens with zero attached hydrogens (tertiary/aromatic N) is 4. The van der Waals surface area contributed by atoms with Crippen LogP contribution in [0.3, 0.4) is 0 Å². The topological polar surface area (TPSA) is 107 Å². The van der Waals surface area contributed by atoms with E-state index < -0.39 is 18.0 Å². The number of halogens is 4. The van der Waals surface area contributed by atoms with Crippen molar-refractivity contribution in [1.29, 1.82) is 0 Å². The minimum absolute atomic E-state index is 0.0948. The van der Waals surface area contributed by atoms with Gasteiger partial charge in [0.2, 0.25) is 11.7 Å². The van der Waals surface area contributed by atoms with Crippen LogP contribution in [0.25, 0.3) is 22.8 Å². The van der Waals surface area contributed by atoms with Gasteiger partial charge in [0.15, 0.2) is 0 Å². The van der Waals surface area contributed by atoms with Crippen molar-refractivity contribution in [2.75, 3.05) is 6.54 Å². The third kappa shape index (κ3) is 4.79. The summed E-state index contributed by atoms with van der Waals surface area (Å²) < 4.78 is 60.4. The molecule has 8 nitrogen and oxygen atoms in total. The van der Waals surface area contributed by atoms with E-state index in [0.717, 1.165) is 0 Å². The summed E-state index contributed by atoms with van der Waals surface area (Å²) in [5.74, 6) is -2.38. The number of hydrogen-bond acceptors (Lipinski definition) is 7. The largest absolute Gasteiger partial charge is 0.471 e. The molecular formula is C20H13F4N5O3. The molecule has 3 heterocycles. The molecule has 3 aromatic heterocycles. The molecule has 1 N–H and O–H groups in total. The first-order chi connectivity index (χ1) is 15.3. The van der Waals surface area contributed by atoms with E-state index in [2.05, 4.69) is 29.9 Å². The maximum atomic E-state index is 13.0. The van der Waals surface area contributed by atoms with Crippen molar-refractivity contribution in [1.82, 2.24) is 25.4 Å². The van der Waals surface area contributed by atoms with Crippen LogP contribution in [0.1, 0.15) is 21.9 Å². The minimum atomic E-state index is -4.77. The van der Waals surface area contributed by atoms with Gasteiger partial charge in [0.1, 0.15) is 12.1 Å². The second-order valence-electron chi connectivity index (χ2n) is 6.54. The summed E-state index contributed by atoms with van der Waals surface area (Å²) in [4.78, 5) is 23.8. The molecule has 32 heavy (non-hydrogen) atoms. The summed E-state index contributed by atoms with van der Waals surface area (Å²) in [7, 11) is 0. The van der Waals surface area contributed by atoms with E-state index in [1.54, 1.807) is 0 Å². The molecule has 164 valence electrons. The lowest BCUT2D eigenvalue weighted by molar-refractivity contribution is -0.159. The van der Waals surface area contributed by atoms with E-state index >= 15 is 0 Å². The third-order valence-electron chi connectivity index (χ3n) is 4.24. The van der Waals surface area contributed by atoms with Crippen molar-refractivity contribution in [3.05, 3.63) is 72.0 Å². The van der Waals surface area contributed by atoms with Gasteiger partial charge in [0.25, 0.3) is 5.91 Å². The first-order valence-corrected chi connectivity index (χ1v) is 9.14. The van der Waals surface area contributed by atoms with Gasteiger partial charge < -0.3 is 14.3 Å². The molecule has 4 rings (SSSR count). The van der Waals surface area contributed by atoms with Gasteiger partial charge in [-0.15, -0.1) is 0 Å². The van der Waals surface area contributed by atoms with Crippen LogP contribution >= 0.6 is 0 Å². The van der Waals surface area contributed by atoms with Crippen LogP contribution in [-0.4, -0.2) is 32.6 Å². The lowest BCUT2D eigenvalue weighted by Gasteiger charge is -2.04. The molecule has 0 fully saturated rings. The number of aromatic nitrogens is 4. The van der Waals surface area contributed by atoms with Crippen molar-refractivity contribution in [2.24, 2.45) is 0 Å². The molecule has 0 saturated heterocycles. The fraction of sp³-hybridized carbons (Fsp3) is 0.150. The number of benzene rings is 1. The van der Waals surface area contributed by atoms with Crippen LogP contribution in [0.15, 0.2) is 57.9 Å². The Balaban J connectivity index is 1.36. The standard InChI is InChI=1S/C20H13F4N5O3/c21-14-3-1-11(2-4-14)18-27-15(10-31-18)5-6-26-17(30)13-7-12(8-25-9-13)16-28-19(32-29-16)20(22,23)24/h1-4,7-10H,5-6H2,(H,26,30). The molecule has 0 spiro atoms. The number of amides is 1. The van der Waals surface area contributed by atoms with E-state index in [-0.39, 0.29) is 29.3 Å². The van der Waals surface area contributed by atoms with E-state index in [1.807, 2.05) is 0 Å². The highest BCUT2D eigenvalue weighted by Crippen LogP contribution is 2.29. The Labute approximate surface area is 177 Å². The lowest BCUT2D eigenvalue weighted by Crippen LogP contribution is -2.25. The quantitative estimate of drug-likeness (QED) is 0.447. The van der Waals surface area contributed by atoms with Crippen LogP contribution in [-0.2, 0) is 12.6 Å². The molecule has 0 aliphatic heterocycles. The average molecular weight is 447 g/mol. The Kier molecular flexibility index (Phi) is 5.67. The zero-order valence-electron chi connectivity index (χ0n) is 16.1. The first-order valence-electron chi connectivity index (χ1n) is 9.14. The van der Waals surface area contributed by atoms with Gasteiger partial charge in [-0.05, 0) is 30.3 Å². The maximum absolute atomic E-state index is 13.0. The van der Waals surface area contributed by atoms with Crippen molar-refractivity contribution in [3.63, 3.8) is 0 Å². The Bertz CT molecular complexity index is 1230. The second kappa shape index (κ2) is 8.57. The van der Waals surface area contributed by atoms with Crippen LogP contribution in [0.5, 0.6) is 0 Å². The number of nitrogens with one attached hydrogen (secondary N) is 1. The molecule has 4 aromatic rings. The van der Waals surface area contributed by atoms with Gasteiger partial charge in [0.05, 0.1) is 11.3 Å². The molecule has 1 amide bonds. The molecule has 0 atom stereocenters. The number of rotatable bonds is 6. The van der Waals surface area contributed by atoms with Crippen molar-refractivity contribution in [3.8, 4) is 22.8 Å². The predicted octanol–water partition coefficient (Wildman–Crippen LogP) is 3.92. The van der Waals surface area contributed by atoms with Crippen LogP contribution < -0.4 is 5.32 Å². The van der Waals surface area contributed by atoms with Crippen LogP contribution in [0, 0.1) is 5.82 Å². The van der Waals surface area contributed by atoms with Gasteiger partial charge >= 0.3 is 12.1 Å². The average Bonchev–Trinajstić information content (AvgIpc) is 3.44. The molecule has 1 aromatic carbocycles. The van der Waals surface area contributed by atoms with E-state index in [0.29, 0.717) is 23.6 Å². The van der Waals surface area contributed by atoms with Crippen LogP contribution in [0.2, 0.25) is 0 Å². The lowest BCUT2D eigenvalue weighted by atomic mass is 10.2. The smallest absolute Gasteiger partial charge is 0.444 e. The number of carbonyl (C=O) groups is 1. The third-order valence-corrected chi connectivity index (χ3v) is 4.24. The molecule has 0 saturated carbocycles. The Morgan fingerprint density at radius 2 is 1.84 bits per heavy atom. The molecule has 0 aliphatic carbocycles. The van der Waals surface area contributed by atoms with Gasteiger partial charge in [-0.3, -0.25) is 9.78 Å². The normalized spacial score (nSPS) is 11.5. The summed E-state index contributed by atoms with van der Waals surface area (Å²) in [5.41, 5.74) is 1.38. The molecule has 0 bridgehead atoms. The SMILES string of the molecule is O=C(NCCc1coc(-c2ccc(F)cc2)n1)c1cncc(-c2noc(C(F)(F)F)n2)c1. The molecule has 0 aliphatic rings. The van der Waals surface area contributed by atoms with Gasteiger partial charge in [-0.1, -0.05) is 5.16 Å². The van der Waals surface area contributed by atoms with E-state index in [4.69, 9.17) is 4.42 Å². The number of hydrogen-bond donors (Lipinski definition) is 1. The fourth-order valence-electron chi connectivity index (χ4n) is 2.70. The van der Waals surface area contributed by atoms with Gasteiger partial charge in [-0.2, -0.15) is 18.2 Å². The zero-order valence-corrected chi connectivity index (χ0v) is 16.1. The highest BCUT2D eigenvalue weighted by Gasteiger charge is 2.38. The van der Waals surface area contributed by atoms with Crippen molar-refractivity contribution >= 4 is 5.91 Å². The Morgan fingerprint density at radius 3 is 2.56 bits per heavy atom. The van der Waals surface area contributed by atoms with Gasteiger partial charge in [-0.25, -0.2) is 9.37 Å². The second-order valence-corrected chi connectivity index (χ2v) is 6.54. The predicted molar refractivity (Wildman–Crippen MR) is 100 cm³/mol. The molecule has 12 heteroatoms. The minimum Gasteiger partial charge on any atom is -0.444 e. The van der Waals surface area contributed by atoms with E-state index in [1.165, 1.54) is 49.0 Å². The number of carbonyl (C=O) groups excluding carboxylic acids is 1. The maximum Gasteiger partial charge on any atom is 0.471 e. The first kappa shape index (κ1) is 21.2. The number of alkyl halides is 3. The fourth-order valence-corrected chi connectivity index (χ4v) is 2.70. The molecule has 0 unspecified atom stereocenters. The molecule has 0 radical (unpaired) electrons. The molecular weight excluding hydrogens is 434 g/mol. The monoisotopic (exact) mass is 447 g/mol. The highest BCUT2D eigenvalue weighted by molar-refractivity contribution is 5.94. The Morgan fingerprint density at radius 1 is 1.06 bits per heavy atom. The summed E-state index contributed by atoms with van der Waals surface area (Å²) in [5, 5.41) is 5.93. The van der Waals surface area contributed by atoms with E-state index in [9.17, 15) is 22.4 Å². The van der Waals surface area contributed by atoms with Crippen molar-refractivity contribution < 1.29 is 31.3 Å². The Hall–Kier alpha value is -4.09. The zero-order chi connectivity index (χ0) is 22.7. The number of pyridine rings is 1. The summed E-state index contributed by atoms with van der Waals surface area (Å²) >= 11 is 0. The van der Waals surface area contributed by atoms with Gasteiger partial charge in [0, 0.05) is 36.5 Å². The highest BCUT2D eigenvalue weighted by atomic mass is 19.4. The van der Waals surface area contributed by atoms with Crippen molar-refractivity contribution in [2.45, 2.75) is 12.6 Å². The summed E-state index contributed by atoms with van der Waals surface area (Å²) in [6.45, 7) is 0.207. The summed E-state index contributed by atoms with van der Waals surface area (Å²) in [6, 6.07) is 6.96. The van der Waals surface area contributed by atoms with Crippen LogP contribution in [0.4, 0.5) is 17.6 Å².